The van der Waals surface area contributed by atoms with E-state index in [0.29, 0.717) is 6.42 Å². The topological polar surface area (TPSA) is 43.4 Å². The van der Waals surface area contributed by atoms with Crippen molar-refractivity contribution in [2.45, 2.75) is 33.6 Å². The number of hydrogen-bond donors (Lipinski definition) is 0. The molecule has 0 aliphatic heterocycles. The fourth-order valence-electron chi connectivity index (χ4n) is 0.966. The molecule has 0 aliphatic carbocycles. The summed E-state index contributed by atoms with van der Waals surface area (Å²) >= 11 is 0. The molecule has 0 heterocycles. The highest BCUT2D eigenvalue weighted by Gasteiger charge is 2.30. The van der Waals surface area contributed by atoms with Crippen LogP contribution in [0.5, 0.6) is 0 Å². The van der Waals surface area contributed by atoms with Crippen LogP contribution in [0.15, 0.2) is 0 Å². The molecule has 0 aromatic heterocycles. The van der Waals surface area contributed by atoms with E-state index in [9.17, 15) is 9.59 Å². The highest BCUT2D eigenvalue weighted by Crippen LogP contribution is 2.22. The first-order valence-electron chi connectivity index (χ1n) is 4.04. The van der Waals surface area contributed by atoms with Gasteiger partial charge in [0.15, 0.2) is 0 Å². The second kappa shape index (κ2) is 4.24. The molecule has 0 unspecified atom stereocenters. The molecule has 0 rings (SSSR count). The molecule has 0 aromatic carbocycles. The lowest BCUT2D eigenvalue weighted by Crippen LogP contribution is -2.28. The average Bonchev–Trinajstić information content (AvgIpc) is 2.02. The molecule has 0 saturated carbocycles. The lowest BCUT2D eigenvalue weighted by molar-refractivity contribution is -0.152. The van der Waals surface area contributed by atoms with Crippen LogP contribution in [-0.4, -0.2) is 18.9 Å². The zero-order valence-corrected chi connectivity index (χ0v) is 8.14. The molecule has 0 radical (unpaired) electrons. The first-order valence-corrected chi connectivity index (χ1v) is 4.04. The Morgan fingerprint density at radius 1 is 1.33 bits per heavy atom. The highest BCUT2D eigenvalue weighted by molar-refractivity contribution is 5.86. The number of esters is 1. The first kappa shape index (κ1) is 11.1. The Morgan fingerprint density at radius 2 is 1.83 bits per heavy atom. The van der Waals surface area contributed by atoms with Gasteiger partial charge in [0.2, 0.25) is 0 Å². The van der Waals surface area contributed by atoms with Gasteiger partial charge >= 0.3 is 5.97 Å². The zero-order chi connectivity index (χ0) is 9.78. The Morgan fingerprint density at radius 3 is 2.17 bits per heavy atom. The average molecular weight is 172 g/mol. The Balaban J connectivity index is 4.21. The number of carbonyl (C=O) groups is 2. The van der Waals surface area contributed by atoms with E-state index in [0.717, 1.165) is 0 Å². The van der Waals surface area contributed by atoms with Crippen LogP contribution >= 0.6 is 0 Å². The van der Waals surface area contributed by atoms with Crippen LogP contribution in [0.25, 0.3) is 0 Å². The maximum absolute atomic E-state index is 11.1. The van der Waals surface area contributed by atoms with Gasteiger partial charge in [-0.05, 0) is 13.8 Å². The van der Waals surface area contributed by atoms with Crippen molar-refractivity contribution in [1.29, 1.82) is 0 Å². The van der Waals surface area contributed by atoms with Gasteiger partial charge < -0.3 is 4.74 Å². The second-order valence-corrected chi connectivity index (χ2v) is 3.44. The molecule has 0 aromatic rings. The van der Waals surface area contributed by atoms with Crippen LogP contribution in [0.4, 0.5) is 0 Å². The van der Waals surface area contributed by atoms with Gasteiger partial charge in [-0.15, -0.1) is 0 Å². The molecular weight excluding hydrogens is 156 g/mol. The molecule has 0 aliphatic rings. The number of Topliss-reactive ketones (excluding diaryl/α,β-unsaturated/α-hetero) is 1. The first-order chi connectivity index (χ1) is 5.44. The summed E-state index contributed by atoms with van der Waals surface area (Å²) in [4.78, 5) is 22.2. The SMILES string of the molecule is CCC(=O)CC(C)(C)C(=O)OC. The van der Waals surface area contributed by atoms with E-state index in [1.807, 2.05) is 0 Å². The monoisotopic (exact) mass is 172 g/mol. The number of ether oxygens (including phenoxy) is 1. The minimum atomic E-state index is -0.679. The van der Waals surface area contributed by atoms with Crippen molar-refractivity contribution < 1.29 is 14.3 Å². The summed E-state index contributed by atoms with van der Waals surface area (Å²) < 4.78 is 4.57. The van der Waals surface area contributed by atoms with Gasteiger partial charge in [-0.1, -0.05) is 6.92 Å². The molecule has 0 atom stereocenters. The molecule has 0 saturated heterocycles. The van der Waals surface area contributed by atoms with Gasteiger partial charge in [0.1, 0.15) is 5.78 Å². The third kappa shape index (κ3) is 3.03. The smallest absolute Gasteiger partial charge is 0.311 e. The molecule has 0 N–H and O–H groups in total. The standard InChI is InChI=1S/C9H16O3/c1-5-7(10)6-9(2,3)8(11)12-4/h5-6H2,1-4H3. The normalized spacial score (nSPS) is 11.0. The van der Waals surface area contributed by atoms with Crippen molar-refractivity contribution >= 4 is 11.8 Å². The van der Waals surface area contributed by atoms with Gasteiger partial charge in [-0.3, -0.25) is 9.59 Å². The molecule has 0 amide bonds. The van der Waals surface area contributed by atoms with Crippen LogP contribution < -0.4 is 0 Å². The van der Waals surface area contributed by atoms with Crippen LogP contribution in [0.3, 0.4) is 0 Å². The molecule has 12 heavy (non-hydrogen) atoms. The minimum absolute atomic E-state index is 0.0883. The number of hydrogen-bond acceptors (Lipinski definition) is 3. The van der Waals surface area contributed by atoms with E-state index in [4.69, 9.17) is 0 Å². The van der Waals surface area contributed by atoms with E-state index in [1.54, 1.807) is 20.8 Å². The Labute approximate surface area is 73.1 Å². The zero-order valence-electron chi connectivity index (χ0n) is 8.14. The number of rotatable bonds is 4. The highest BCUT2D eigenvalue weighted by atomic mass is 16.5. The summed E-state index contributed by atoms with van der Waals surface area (Å²) in [6.07, 6.45) is 0.733. The molecular formula is C9H16O3. The third-order valence-electron chi connectivity index (χ3n) is 1.77. The molecule has 0 fully saturated rings. The van der Waals surface area contributed by atoms with E-state index in [-0.39, 0.29) is 18.2 Å². The van der Waals surface area contributed by atoms with Crippen LogP contribution in [0.1, 0.15) is 33.6 Å². The van der Waals surface area contributed by atoms with Gasteiger partial charge in [-0.2, -0.15) is 0 Å². The third-order valence-corrected chi connectivity index (χ3v) is 1.77. The van der Waals surface area contributed by atoms with Gasteiger partial charge in [0, 0.05) is 12.8 Å². The molecule has 3 nitrogen and oxygen atoms in total. The summed E-state index contributed by atoms with van der Waals surface area (Å²) in [6, 6.07) is 0. The molecule has 0 spiro atoms. The summed E-state index contributed by atoms with van der Waals surface area (Å²) in [6.45, 7) is 5.22. The number of ketones is 1. The lowest BCUT2D eigenvalue weighted by Gasteiger charge is -2.19. The quantitative estimate of drug-likeness (QED) is 0.604. The largest absolute Gasteiger partial charge is 0.469 e. The predicted molar refractivity (Wildman–Crippen MR) is 45.7 cm³/mol. The minimum Gasteiger partial charge on any atom is -0.469 e. The fourth-order valence-corrected chi connectivity index (χ4v) is 0.966. The van der Waals surface area contributed by atoms with Crippen LogP contribution in [-0.2, 0) is 14.3 Å². The molecule has 0 bridgehead atoms. The summed E-state index contributed by atoms with van der Waals surface area (Å²) in [5.41, 5.74) is -0.679. The maximum Gasteiger partial charge on any atom is 0.311 e. The number of methoxy groups -OCH3 is 1. The van der Waals surface area contributed by atoms with Crippen molar-refractivity contribution in [3.8, 4) is 0 Å². The van der Waals surface area contributed by atoms with E-state index >= 15 is 0 Å². The lowest BCUT2D eigenvalue weighted by atomic mass is 9.87. The van der Waals surface area contributed by atoms with Crippen molar-refractivity contribution in [2.24, 2.45) is 5.41 Å². The van der Waals surface area contributed by atoms with Crippen LogP contribution in [0.2, 0.25) is 0 Å². The van der Waals surface area contributed by atoms with Crippen molar-refractivity contribution in [2.75, 3.05) is 7.11 Å². The second-order valence-electron chi connectivity index (χ2n) is 3.44. The van der Waals surface area contributed by atoms with Crippen molar-refractivity contribution in [3.05, 3.63) is 0 Å². The number of carbonyl (C=O) groups excluding carboxylic acids is 2. The summed E-state index contributed by atoms with van der Waals surface area (Å²) in [7, 11) is 1.33. The van der Waals surface area contributed by atoms with Crippen molar-refractivity contribution in [1.82, 2.24) is 0 Å². The van der Waals surface area contributed by atoms with E-state index in [1.165, 1.54) is 7.11 Å². The Kier molecular flexibility index (Phi) is 3.93. The van der Waals surface area contributed by atoms with Gasteiger partial charge in [0.05, 0.1) is 12.5 Å². The fraction of sp³-hybridized carbons (Fsp3) is 0.778. The van der Waals surface area contributed by atoms with E-state index < -0.39 is 5.41 Å². The predicted octanol–water partition coefficient (Wildman–Crippen LogP) is 1.55. The van der Waals surface area contributed by atoms with Crippen LogP contribution in [0, 0.1) is 5.41 Å². The van der Waals surface area contributed by atoms with Gasteiger partial charge in [0.25, 0.3) is 0 Å². The maximum atomic E-state index is 11.1. The van der Waals surface area contributed by atoms with E-state index in [2.05, 4.69) is 4.74 Å². The molecule has 70 valence electrons. The van der Waals surface area contributed by atoms with Gasteiger partial charge in [-0.25, -0.2) is 0 Å². The molecule has 3 heteroatoms. The summed E-state index contributed by atoms with van der Waals surface area (Å²) in [5.74, 6) is -0.241. The Bertz CT molecular complexity index is 182. The Hall–Kier alpha value is -0.860. The summed E-state index contributed by atoms with van der Waals surface area (Å²) in [5, 5.41) is 0. The van der Waals surface area contributed by atoms with Crippen molar-refractivity contribution in [3.63, 3.8) is 0 Å².